The summed E-state index contributed by atoms with van der Waals surface area (Å²) in [6.07, 6.45) is 0.883. The minimum Gasteiger partial charge on any atom is -0.480 e. The Balaban J connectivity index is 4.09. The smallest absolute Gasteiger partial charge is 0.326 e. The number of rotatable bonds is 10. The molecule has 2 amide bonds. The van der Waals surface area contributed by atoms with Gasteiger partial charge in [0, 0.05) is 33.6 Å². The lowest BCUT2D eigenvalue weighted by Gasteiger charge is -2.15. The predicted molar refractivity (Wildman–Crippen MR) is 90.6 cm³/mol. The van der Waals surface area contributed by atoms with Gasteiger partial charge in [-0.1, -0.05) is 15.9 Å². The first-order chi connectivity index (χ1) is 10.9. The van der Waals surface area contributed by atoms with Crippen LogP contribution in [-0.4, -0.2) is 67.4 Å². The van der Waals surface area contributed by atoms with Crippen LogP contribution < -0.4 is 21.3 Å². The Kier molecular flexibility index (Phi) is 11.7. The summed E-state index contributed by atoms with van der Waals surface area (Å²) >= 11 is 2.99. The number of hydrogen-bond acceptors (Lipinski definition) is 4. The Morgan fingerprint density at radius 3 is 2.39 bits per heavy atom. The van der Waals surface area contributed by atoms with E-state index in [9.17, 15) is 14.4 Å². The highest BCUT2D eigenvalue weighted by Crippen LogP contribution is 1.98. The van der Waals surface area contributed by atoms with Crippen molar-refractivity contribution in [1.29, 1.82) is 0 Å². The first kappa shape index (κ1) is 21.2. The van der Waals surface area contributed by atoms with Crippen molar-refractivity contribution in [2.75, 3.05) is 32.5 Å². The van der Waals surface area contributed by atoms with Crippen molar-refractivity contribution < 1.29 is 19.5 Å². The van der Waals surface area contributed by atoms with E-state index in [2.05, 4.69) is 42.2 Å². The maximum atomic E-state index is 11.7. The second-order valence-electron chi connectivity index (χ2n) is 4.58. The maximum absolute atomic E-state index is 11.7. The monoisotopic (exact) mass is 393 g/mol. The standard InChI is InChI=1S/C13H24BrN5O4/c1-15-13(16-2)18-6-3-4-9(12(22)23)19-10(20)5-7-17-11(21)8-14/h9H,3-8H2,1-2H3,(H,17,21)(H,19,20)(H,22,23)(H2,15,16,18)/t9-/m0/s1. The van der Waals surface area contributed by atoms with Gasteiger partial charge in [-0.3, -0.25) is 14.6 Å². The van der Waals surface area contributed by atoms with Crippen molar-refractivity contribution in [3.63, 3.8) is 0 Å². The van der Waals surface area contributed by atoms with E-state index < -0.39 is 17.9 Å². The fourth-order valence-corrected chi connectivity index (χ4v) is 1.88. The molecule has 132 valence electrons. The van der Waals surface area contributed by atoms with Gasteiger partial charge in [0.15, 0.2) is 5.96 Å². The molecule has 0 aliphatic carbocycles. The molecule has 23 heavy (non-hydrogen) atoms. The highest BCUT2D eigenvalue weighted by atomic mass is 79.9. The summed E-state index contributed by atoms with van der Waals surface area (Å²) in [6, 6.07) is -0.951. The third-order valence-electron chi connectivity index (χ3n) is 2.85. The lowest BCUT2D eigenvalue weighted by atomic mass is 10.1. The van der Waals surface area contributed by atoms with Gasteiger partial charge in [0.2, 0.25) is 11.8 Å². The predicted octanol–water partition coefficient (Wildman–Crippen LogP) is -0.968. The molecule has 0 fully saturated rings. The van der Waals surface area contributed by atoms with E-state index in [1.807, 2.05) is 0 Å². The average Bonchev–Trinajstić information content (AvgIpc) is 2.53. The Morgan fingerprint density at radius 1 is 1.17 bits per heavy atom. The fourth-order valence-electron chi connectivity index (χ4n) is 1.68. The van der Waals surface area contributed by atoms with Crippen molar-refractivity contribution in [2.24, 2.45) is 4.99 Å². The van der Waals surface area contributed by atoms with E-state index in [0.717, 1.165) is 0 Å². The Morgan fingerprint density at radius 2 is 1.87 bits per heavy atom. The number of halogens is 1. The molecule has 0 aromatic heterocycles. The van der Waals surface area contributed by atoms with Crippen molar-refractivity contribution >= 4 is 39.7 Å². The summed E-state index contributed by atoms with van der Waals surface area (Å²) in [7, 11) is 3.36. The lowest BCUT2D eigenvalue weighted by Crippen LogP contribution is -2.42. The van der Waals surface area contributed by atoms with E-state index in [-0.39, 0.29) is 24.2 Å². The number of nitrogens with zero attached hydrogens (tertiary/aromatic N) is 1. The summed E-state index contributed by atoms with van der Waals surface area (Å²) < 4.78 is 0. The van der Waals surface area contributed by atoms with Crippen molar-refractivity contribution in [1.82, 2.24) is 21.3 Å². The largest absolute Gasteiger partial charge is 0.480 e. The second-order valence-corrected chi connectivity index (χ2v) is 5.14. The highest BCUT2D eigenvalue weighted by molar-refractivity contribution is 9.09. The lowest BCUT2D eigenvalue weighted by molar-refractivity contribution is -0.142. The summed E-state index contributed by atoms with van der Waals surface area (Å²) in [4.78, 5) is 37.8. The molecule has 0 unspecified atom stereocenters. The van der Waals surface area contributed by atoms with Crippen LogP contribution in [0.25, 0.3) is 0 Å². The average molecular weight is 394 g/mol. The zero-order valence-electron chi connectivity index (χ0n) is 13.3. The van der Waals surface area contributed by atoms with Crippen molar-refractivity contribution in [2.45, 2.75) is 25.3 Å². The number of carbonyl (C=O) groups excluding carboxylic acids is 2. The molecule has 0 aliphatic heterocycles. The summed E-state index contributed by atoms with van der Waals surface area (Å²) in [5.74, 6) is -1.10. The van der Waals surface area contributed by atoms with Crippen molar-refractivity contribution in [3.8, 4) is 0 Å². The van der Waals surface area contributed by atoms with E-state index in [1.165, 1.54) is 0 Å². The molecule has 0 saturated heterocycles. The SMILES string of the molecule is CN=C(NC)NCCC[C@H](NC(=O)CCNC(=O)CBr)C(=O)O. The summed E-state index contributed by atoms with van der Waals surface area (Å²) in [5.41, 5.74) is 0. The topological polar surface area (TPSA) is 132 Å². The minimum absolute atomic E-state index is 0.0349. The van der Waals surface area contributed by atoms with Gasteiger partial charge in [0.05, 0.1) is 5.33 Å². The molecule has 0 rings (SSSR count). The van der Waals surface area contributed by atoms with Crippen LogP contribution in [0.5, 0.6) is 0 Å². The van der Waals surface area contributed by atoms with Gasteiger partial charge in [-0.05, 0) is 12.8 Å². The molecule has 0 heterocycles. The summed E-state index contributed by atoms with van der Waals surface area (Å²) in [5, 5.41) is 20.1. The molecule has 0 aromatic carbocycles. The third kappa shape index (κ3) is 10.5. The molecular weight excluding hydrogens is 370 g/mol. The highest BCUT2D eigenvalue weighted by Gasteiger charge is 2.19. The summed E-state index contributed by atoms with van der Waals surface area (Å²) in [6.45, 7) is 0.705. The maximum Gasteiger partial charge on any atom is 0.326 e. The van der Waals surface area contributed by atoms with E-state index in [1.54, 1.807) is 14.1 Å². The van der Waals surface area contributed by atoms with Gasteiger partial charge in [0.25, 0.3) is 0 Å². The van der Waals surface area contributed by atoms with Crippen LogP contribution in [0.15, 0.2) is 4.99 Å². The third-order valence-corrected chi connectivity index (χ3v) is 3.36. The van der Waals surface area contributed by atoms with Crippen LogP contribution in [0.4, 0.5) is 0 Å². The fraction of sp³-hybridized carbons (Fsp3) is 0.692. The van der Waals surface area contributed by atoms with Crippen LogP contribution in [0.3, 0.4) is 0 Å². The first-order valence-electron chi connectivity index (χ1n) is 7.17. The Labute approximate surface area is 143 Å². The van der Waals surface area contributed by atoms with Crippen LogP contribution in [0, 0.1) is 0 Å². The molecule has 0 spiro atoms. The Bertz CT molecular complexity index is 431. The molecule has 9 nitrogen and oxygen atoms in total. The van der Waals surface area contributed by atoms with Gasteiger partial charge in [-0.2, -0.15) is 0 Å². The van der Waals surface area contributed by atoms with Gasteiger partial charge >= 0.3 is 5.97 Å². The molecule has 0 bridgehead atoms. The quantitative estimate of drug-likeness (QED) is 0.140. The molecule has 0 aromatic rings. The second kappa shape index (κ2) is 12.7. The van der Waals surface area contributed by atoms with Crippen molar-refractivity contribution in [3.05, 3.63) is 0 Å². The van der Waals surface area contributed by atoms with Crippen LogP contribution in [-0.2, 0) is 14.4 Å². The number of guanidine groups is 1. The zero-order valence-corrected chi connectivity index (χ0v) is 14.9. The number of carboxylic acids is 1. The number of nitrogens with one attached hydrogen (secondary N) is 4. The van der Waals surface area contributed by atoms with Crippen LogP contribution >= 0.6 is 15.9 Å². The number of carbonyl (C=O) groups is 3. The Hall–Kier alpha value is -1.84. The van der Waals surface area contributed by atoms with E-state index in [0.29, 0.717) is 25.3 Å². The number of aliphatic imine (C=N–C) groups is 1. The molecule has 0 radical (unpaired) electrons. The molecule has 0 aliphatic rings. The van der Waals surface area contributed by atoms with Crippen LogP contribution in [0.1, 0.15) is 19.3 Å². The van der Waals surface area contributed by atoms with E-state index in [4.69, 9.17) is 5.11 Å². The molecule has 5 N–H and O–H groups in total. The number of amides is 2. The molecule has 10 heteroatoms. The number of hydrogen-bond donors (Lipinski definition) is 5. The zero-order chi connectivity index (χ0) is 17.7. The molecule has 1 atom stereocenters. The number of aliphatic carboxylic acids is 1. The first-order valence-corrected chi connectivity index (χ1v) is 8.30. The minimum atomic E-state index is -1.08. The molecule has 0 saturated carbocycles. The van der Waals surface area contributed by atoms with Gasteiger partial charge < -0.3 is 26.4 Å². The number of carboxylic acid groups (broad SMARTS) is 1. The normalized spacial score (nSPS) is 12.2. The van der Waals surface area contributed by atoms with Crippen LogP contribution in [0.2, 0.25) is 0 Å². The molecular formula is C13H24BrN5O4. The van der Waals surface area contributed by atoms with E-state index >= 15 is 0 Å². The van der Waals surface area contributed by atoms with Gasteiger partial charge in [-0.25, -0.2) is 4.79 Å². The van der Waals surface area contributed by atoms with Gasteiger partial charge in [0.1, 0.15) is 6.04 Å². The number of alkyl halides is 1. The van der Waals surface area contributed by atoms with Gasteiger partial charge in [-0.15, -0.1) is 0 Å².